The molecule has 0 saturated heterocycles. The van der Waals surface area contributed by atoms with Gasteiger partial charge in [0.25, 0.3) is 0 Å². The molecular formula is C11H12F2O2. The van der Waals surface area contributed by atoms with Crippen LogP contribution in [-0.4, -0.2) is 12.9 Å². The predicted molar refractivity (Wildman–Crippen MR) is 52.1 cm³/mol. The van der Waals surface area contributed by atoms with Crippen LogP contribution in [0.25, 0.3) is 0 Å². The van der Waals surface area contributed by atoms with E-state index in [0.717, 1.165) is 12.1 Å². The van der Waals surface area contributed by atoms with Crippen LogP contribution in [0.2, 0.25) is 0 Å². The zero-order chi connectivity index (χ0) is 11.6. The Morgan fingerprint density at radius 1 is 1.27 bits per heavy atom. The van der Waals surface area contributed by atoms with Gasteiger partial charge in [-0.05, 0) is 6.07 Å². The largest absolute Gasteiger partial charge is 0.494 e. The molecule has 82 valence electrons. The number of hydrogen-bond acceptors (Lipinski definition) is 2. The van der Waals surface area contributed by atoms with Crippen LogP contribution in [0.5, 0.6) is 5.75 Å². The number of ketones is 1. The van der Waals surface area contributed by atoms with E-state index in [1.54, 1.807) is 13.8 Å². The van der Waals surface area contributed by atoms with Crippen molar-refractivity contribution < 1.29 is 18.3 Å². The Morgan fingerprint density at radius 2 is 1.87 bits per heavy atom. The summed E-state index contributed by atoms with van der Waals surface area (Å²) in [5.74, 6) is -2.48. The van der Waals surface area contributed by atoms with Gasteiger partial charge in [0, 0.05) is 12.0 Å². The first-order chi connectivity index (χ1) is 6.97. The van der Waals surface area contributed by atoms with Crippen LogP contribution in [0.1, 0.15) is 24.2 Å². The van der Waals surface area contributed by atoms with E-state index in [0.29, 0.717) is 0 Å². The maximum atomic E-state index is 13.4. The molecule has 0 fully saturated rings. The summed E-state index contributed by atoms with van der Waals surface area (Å²) in [7, 11) is 1.24. The fourth-order valence-corrected chi connectivity index (χ4v) is 1.18. The van der Waals surface area contributed by atoms with E-state index in [4.69, 9.17) is 0 Å². The number of Topliss-reactive ketones (excluding diaryl/α,β-unsaturated/α-hetero) is 1. The van der Waals surface area contributed by atoms with E-state index in [1.807, 2.05) is 0 Å². The quantitative estimate of drug-likeness (QED) is 0.723. The Bertz CT molecular complexity index is 386. The lowest BCUT2D eigenvalue weighted by Crippen LogP contribution is -2.10. The summed E-state index contributed by atoms with van der Waals surface area (Å²) in [6.07, 6.45) is 0. The first-order valence-electron chi connectivity index (χ1n) is 4.54. The Balaban J connectivity index is 3.22. The third-order valence-electron chi connectivity index (χ3n) is 2.03. The summed E-state index contributed by atoms with van der Waals surface area (Å²) in [6, 6.07) is 1.75. The molecule has 0 aliphatic heterocycles. The highest BCUT2D eigenvalue weighted by atomic mass is 19.1. The van der Waals surface area contributed by atoms with Crippen molar-refractivity contribution >= 4 is 5.78 Å². The van der Waals surface area contributed by atoms with Crippen LogP contribution in [-0.2, 0) is 0 Å². The van der Waals surface area contributed by atoms with Crippen LogP contribution in [0.3, 0.4) is 0 Å². The molecule has 1 aromatic rings. The van der Waals surface area contributed by atoms with Crippen molar-refractivity contribution in [3.63, 3.8) is 0 Å². The van der Waals surface area contributed by atoms with E-state index < -0.39 is 17.4 Å². The standard InChI is InChI=1S/C11H12F2O2/c1-6(2)11(14)7-4-9(13)10(15-3)5-8(7)12/h4-6H,1-3H3. The van der Waals surface area contributed by atoms with Crippen LogP contribution < -0.4 is 4.74 Å². The monoisotopic (exact) mass is 214 g/mol. The Morgan fingerprint density at radius 3 is 2.33 bits per heavy atom. The van der Waals surface area contributed by atoms with Crippen LogP contribution in [0.15, 0.2) is 12.1 Å². The summed E-state index contributed by atoms with van der Waals surface area (Å²) in [4.78, 5) is 11.5. The zero-order valence-corrected chi connectivity index (χ0v) is 8.80. The average molecular weight is 214 g/mol. The molecule has 0 bridgehead atoms. The van der Waals surface area contributed by atoms with Gasteiger partial charge in [0.15, 0.2) is 17.3 Å². The molecule has 0 saturated carbocycles. The normalized spacial score (nSPS) is 10.5. The van der Waals surface area contributed by atoms with Crippen molar-refractivity contribution in [1.82, 2.24) is 0 Å². The minimum Gasteiger partial charge on any atom is -0.494 e. The first-order valence-corrected chi connectivity index (χ1v) is 4.54. The number of carbonyl (C=O) groups is 1. The van der Waals surface area contributed by atoms with Gasteiger partial charge >= 0.3 is 0 Å². The van der Waals surface area contributed by atoms with Crippen LogP contribution in [0.4, 0.5) is 8.78 Å². The highest BCUT2D eigenvalue weighted by molar-refractivity contribution is 5.97. The number of benzene rings is 1. The van der Waals surface area contributed by atoms with Gasteiger partial charge in [-0.3, -0.25) is 4.79 Å². The van der Waals surface area contributed by atoms with Gasteiger partial charge < -0.3 is 4.74 Å². The molecule has 0 spiro atoms. The van der Waals surface area contributed by atoms with Crippen molar-refractivity contribution in [2.45, 2.75) is 13.8 Å². The molecule has 4 heteroatoms. The van der Waals surface area contributed by atoms with Gasteiger partial charge in [-0.25, -0.2) is 8.78 Å². The lowest BCUT2D eigenvalue weighted by molar-refractivity contribution is 0.0934. The first kappa shape index (κ1) is 11.6. The molecule has 0 N–H and O–H groups in total. The molecule has 1 rings (SSSR count). The lowest BCUT2D eigenvalue weighted by Gasteiger charge is -2.08. The van der Waals surface area contributed by atoms with Gasteiger partial charge in [0.05, 0.1) is 12.7 Å². The maximum Gasteiger partial charge on any atom is 0.168 e. The highest BCUT2D eigenvalue weighted by Gasteiger charge is 2.18. The minimum atomic E-state index is -0.757. The molecule has 0 atom stereocenters. The lowest BCUT2D eigenvalue weighted by atomic mass is 10.0. The molecule has 15 heavy (non-hydrogen) atoms. The molecule has 0 aromatic heterocycles. The van der Waals surface area contributed by atoms with Crippen molar-refractivity contribution in [2.24, 2.45) is 5.92 Å². The summed E-state index contributed by atoms with van der Waals surface area (Å²) in [6.45, 7) is 3.26. The third kappa shape index (κ3) is 2.32. The third-order valence-corrected chi connectivity index (χ3v) is 2.03. The number of hydrogen-bond donors (Lipinski definition) is 0. The molecule has 1 aromatic carbocycles. The summed E-state index contributed by atoms with van der Waals surface area (Å²) in [5.41, 5.74) is -0.233. The maximum absolute atomic E-state index is 13.4. The molecule has 0 amide bonds. The predicted octanol–water partition coefficient (Wildman–Crippen LogP) is 2.81. The van der Waals surface area contributed by atoms with Gasteiger partial charge in [0.2, 0.25) is 0 Å². The van der Waals surface area contributed by atoms with E-state index in [1.165, 1.54) is 7.11 Å². The molecule has 0 heterocycles. The second kappa shape index (κ2) is 4.38. The smallest absolute Gasteiger partial charge is 0.168 e. The Labute approximate surface area is 86.9 Å². The van der Waals surface area contributed by atoms with E-state index in [2.05, 4.69) is 4.74 Å². The van der Waals surface area contributed by atoms with Crippen molar-refractivity contribution in [1.29, 1.82) is 0 Å². The number of halogens is 2. The number of methoxy groups -OCH3 is 1. The molecular weight excluding hydrogens is 202 g/mol. The molecule has 0 radical (unpaired) electrons. The number of carbonyl (C=O) groups excluding carboxylic acids is 1. The Kier molecular flexibility index (Phi) is 3.39. The average Bonchev–Trinajstić information content (AvgIpc) is 2.19. The summed E-state index contributed by atoms with van der Waals surface area (Å²) < 4.78 is 31.2. The molecule has 0 aliphatic carbocycles. The number of rotatable bonds is 3. The molecule has 0 unspecified atom stereocenters. The summed E-state index contributed by atoms with van der Waals surface area (Å²) in [5, 5.41) is 0. The van der Waals surface area contributed by atoms with Crippen molar-refractivity contribution in [3.05, 3.63) is 29.3 Å². The molecule has 2 nitrogen and oxygen atoms in total. The highest BCUT2D eigenvalue weighted by Crippen LogP contribution is 2.22. The fourth-order valence-electron chi connectivity index (χ4n) is 1.18. The summed E-state index contributed by atoms with van der Waals surface area (Å²) >= 11 is 0. The van der Waals surface area contributed by atoms with Crippen molar-refractivity contribution in [2.75, 3.05) is 7.11 Å². The SMILES string of the molecule is COc1cc(F)c(C(=O)C(C)C)cc1F. The minimum absolute atomic E-state index is 0.201. The van der Waals surface area contributed by atoms with Gasteiger partial charge in [-0.2, -0.15) is 0 Å². The Hall–Kier alpha value is -1.45. The van der Waals surface area contributed by atoms with E-state index >= 15 is 0 Å². The fraction of sp³-hybridized carbons (Fsp3) is 0.364. The van der Waals surface area contributed by atoms with E-state index in [-0.39, 0.29) is 17.2 Å². The number of ether oxygens (including phenoxy) is 1. The van der Waals surface area contributed by atoms with Gasteiger partial charge in [-0.15, -0.1) is 0 Å². The topological polar surface area (TPSA) is 26.3 Å². The zero-order valence-electron chi connectivity index (χ0n) is 8.80. The van der Waals surface area contributed by atoms with Gasteiger partial charge in [-0.1, -0.05) is 13.8 Å². The van der Waals surface area contributed by atoms with Gasteiger partial charge in [0.1, 0.15) is 5.82 Å². The second-order valence-electron chi connectivity index (χ2n) is 3.49. The van der Waals surface area contributed by atoms with Crippen LogP contribution >= 0.6 is 0 Å². The van der Waals surface area contributed by atoms with E-state index in [9.17, 15) is 13.6 Å². The van der Waals surface area contributed by atoms with Crippen LogP contribution in [0, 0.1) is 17.6 Å². The van der Waals surface area contributed by atoms with Crippen molar-refractivity contribution in [3.8, 4) is 5.75 Å². The second-order valence-corrected chi connectivity index (χ2v) is 3.49. The molecule has 0 aliphatic rings.